The summed E-state index contributed by atoms with van der Waals surface area (Å²) in [6.07, 6.45) is 1.45. The molecule has 0 atom stereocenters. The minimum atomic E-state index is -0.799. The van der Waals surface area contributed by atoms with Crippen LogP contribution in [0.1, 0.15) is 11.1 Å². The molecule has 0 aliphatic carbocycles. The number of hydrogen-bond donors (Lipinski definition) is 1. The van der Waals surface area contributed by atoms with E-state index < -0.39 is 17.8 Å². The first kappa shape index (κ1) is 17.4. The molecule has 5 nitrogen and oxygen atoms in total. The topological polar surface area (TPSA) is 66.5 Å². The molecule has 7 heteroatoms. The van der Waals surface area contributed by atoms with E-state index in [-0.39, 0.29) is 5.57 Å². The van der Waals surface area contributed by atoms with Gasteiger partial charge in [-0.2, -0.15) is 0 Å². The summed E-state index contributed by atoms with van der Waals surface area (Å²) >= 11 is 9.33. The summed E-state index contributed by atoms with van der Waals surface area (Å²) in [4.78, 5) is 38.1. The second-order valence-corrected chi connectivity index (χ2v) is 6.80. The highest BCUT2D eigenvalue weighted by Crippen LogP contribution is 2.28. The Labute approximate surface area is 157 Å². The summed E-state index contributed by atoms with van der Waals surface area (Å²) in [6, 6.07) is 11.2. The lowest BCUT2D eigenvalue weighted by molar-refractivity contribution is -0.122. The average Bonchev–Trinajstić information content (AvgIpc) is 2.54. The first-order valence-corrected chi connectivity index (χ1v) is 8.47. The maximum Gasteiger partial charge on any atom is 0.335 e. The molecule has 0 unspecified atom stereocenters. The van der Waals surface area contributed by atoms with Crippen molar-refractivity contribution in [2.45, 2.75) is 6.92 Å². The SMILES string of the molecule is Cc1ccc(Cl)cc1N1C(=O)NC(=O)/C(=C\c2cccc(Br)c2)C1=O. The maximum atomic E-state index is 12.8. The average molecular weight is 420 g/mol. The summed E-state index contributed by atoms with van der Waals surface area (Å²) in [5.41, 5.74) is 1.55. The molecular formula is C18H12BrClN2O3. The van der Waals surface area contributed by atoms with Crippen molar-refractivity contribution in [3.63, 3.8) is 0 Å². The van der Waals surface area contributed by atoms with Crippen LogP contribution in [-0.2, 0) is 9.59 Å². The molecule has 2 aromatic carbocycles. The van der Waals surface area contributed by atoms with Crippen LogP contribution in [-0.4, -0.2) is 17.8 Å². The second-order valence-electron chi connectivity index (χ2n) is 5.44. The highest BCUT2D eigenvalue weighted by Gasteiger charge is 2.37. The van der Waals surface area contributed by atoms with Crippen LogP contribution >= 0.6 is 27.5 Å². The van der Waals surface area contributed by atoms with Crippen LogP contribution in [0.4, 0.5) is 10.5 Å². The van der Waals surface area contributed by atoms with Crippen molar-refractivity contribution in [3.8, 4) is 0 Å². The number of hydrogen-bond acceptors (Lipinski definition) is 3. The van der Waals surface area contributed by atoms with Gasteiger partial charge in [-0.05, 0) is 48.4 Å². The second kappa shape index (κ2) is 6.82. The smallest absolute Gasteiger partial charge is 0.273 e. The van der Waals surface area contributed by atoms with Gasteiger partial charge in [0.2, 0.25) is 0 Å². The third-order valence-corrected chi connectivity index (χ3v) is 4.40. The molecule has 0 radical (unpaired) electrons. The molecule has 3 rings (SSSR count). The number of anilines is 1. The Balaban J connectivity index is 2.07. The van der Waals surface area contributed by atoms with Gasteiger partial charge in [-0.3, -0.25) is 14.9 Å². The zero-order valence-corrected chi connectivity index (χ0v) is 15.4. The Bertz CT molecular complexity index is 940. The first-order chi connectivity index (χ1) is 11.9. The van der Waals surface area contributed by atoms with Crippen LogP contribution in [0.3, 0.4) is 0 Å². The van der Waals surface area contributed by atoms with E-state index in [4.69, 9.17) is 11.6 Å². The number of carbonyl (C=O) groups is 3. The van der Waals surface area contributed by atoms with Crippen LogP contribution in [0.25, 0.3) is 6.08 Å². The van der Waals surface area contributed by atoms with Crippen molar-refractivity contribution >= 4 is 57.1 Å². The zero-order valence-electron chi connectivity index (χ0n) is 13.0. The molecular weight excluding hydrogens is 408 g/mol. The van der Waals surface area contributed by atoms with Gasteiger partial charge in [0.1, 0.15) is 5.57 Å². The number of amides is 4. The van der Waals surface area contributed by atoms with Gasteiger partial charge in [-0.1, -0.05) is 45.7 Å². The molecule has 0 spiro atoms. The van der Waals surface area contributed by atoms with E-state index in [2.05, 4.69) is 21.2 Å². The Hall–Kier alpha value is -2.44. The minimum absolute atomic E-state index is 0.128. The predicted molar refractivity (Wildman–Crippen MR) is 99.3 cm³/mol. The zero-order chi connectivity index (χ0) is 18.1. The normalized spacial score (nSPS) is 16.4. The van der Waals surface area contributed by atoms with Gasteiger partial charge in [-0.25, -0.2) is 9.69 Å². The van der Waals surface area contributed by atoms with Gasteiger partial charge in [0, 0.05) is 9.50 Å². The van der Waals surface area contributed by atoms with Gasteiger partial charge in [0.05, 0.1) is 5.69 Å². The number of carbonyl (C=O) groups excluding carboxylic acids is 3. The molecule has 1 aliphatic rings. The molecule has 2 aromatic rings. The van der Waals surface area contributed by atoms with Crippen LogP contribution < -0.4 is 10.2 Å². The number of halogens is 2. The summed E-state index contributed by atoms with van der Waals surface area (Å²) < 4.78 is 0.809. The van der Waals surface area contributed by atoms with E-state index in [1.807, 2.05) is 6.07 Å². The highest BCUT2D eigenvalue weighted by atomic mass is 79.9. The van der Waals surface area contributed by atoms with E-state index in [1.165, 1.54) is 12.1 Å². The van der Waals surface area contributed by atoms with Crippen molar-refractivity contribution in [1.29, 1.82) is 0 Å². The lowest BCUT2D eigenvalue weighted by atomic mass is 10.1. The number of barbiturate groups is 1. The van der Waals surface area contributed by atoms with Crippen molar-refractivity contribution < 1.29 is 14.4 Å². The maximum absolute atomic E-state index is 12.8. The first-order valence-electron chi connectivity index (χ1n) is 7.30. The lowest BCUT2D eigenvalue weighted by Gasteiger charge is -2.27. The standard InChI is InChI=1S/C18H12BrClN2O3/c1-10-5-6-13(20)9-15(10)22-17(24)14(16(23)21-18(22)25)8-11-3-2-4-12(19)7-11/h2-9H,1H3,(H,21,23,25)/b14-8+. The van der Waals surface area contributed by atoms with Gasteiger partial charge in [0.15, 0.2) is 0 Å². The molecule has 126 valence electrons. The molecule has 25 heavy (non-hydrogen) atoms. The molecule has 0 aromatic heterocycles. The Morgan fingerprint density at radius 1 is 1.12 bits per heavy atom. The van der Waals surface area contributed by atoms with E-state index in [9.17, 15) is 14.4 Å². The molecule has 1 saturated heterocycles. The van der Waals surface area contributed by atoms with E-state index in [0.717, 1.165) is 9.37 Å². The quantitative estimate of drug-likeness (QED) is 0.589. The number of nitrogens with one attached hydrogen (secondary N) is 1. The fraction of sp³-hybridized carbons (Fsp3) is 0.0556. The largest absolute Gasteiger partial charge is 0.335 e. The van der Waals surface area contributed by atoms with Gasteiger partial charge in [-0.15, -0.1) is 0 Å². The Kier molecular flexibility index (Phi) is 4.74. The predicted octanol–water partition coefficient (Wildman–Crippen LogP) is 4.08. The number of imide groups is 2. The van der Waals surface area contributed by atoms with Gasteiger partial charge in [0.25, 0.3) is 11.8 Å². The molecule has 1 heterocycles. The van der Waals surface area contributed by atoms with Crippen molar-refractivity contribution in [1.82, 2.24) is 5.32 Å². The molecule has 4 amide bonds. The number of rotatable bonds is 2. The Morgan fingerprint density at radius 3 is 2.60 bits per heavy atom. The summed E-state index contributed by atoms with van der Waals surface area (Å²) in [5.74, 6) is -1.43. The summed E-state index contributed by atoms with van der Waals surface area (Å²) in [7, 11) is 0. The third-order valence-electron chi connectivity index (χ3n) is 3.67. The fourth-order valence-electron chi connectivity index (χ4n) is 2.46. The lowest BCUT2D eigenvalue weighted by Crippen LogP contribution is -2.54. The van der Waals surface area contributed by atoms with Crippen LogP contribution in [0.2, 0.25) is 5.02 Å². The third kappa shape index (κ3) is 3.50. The number of benzene rings is 2. The van der Waals surface area contributed by atoms with Gasteiger partial charge >= 0.3 is 6.03 Å². The van der Waals surface area contributed by atoms with E-state index in [1.54, 1.807) is 37.3 Å². The van der Waals surface area contributed by atoms with Crippen LogP contribution in [0.5, 0.6) is 0 Å². The number of urea groups is 1. The van der Waals surface area contributed by atoms with E-state index in [0.29, 0.717) is 21.8 Å². The summed E-state index contributed by atoms with van der Waals surface area (Å²) in [6.45, 7) is 1.75. The van der Waals surface area contributed by atoms with Crippen molar-refractivity contribution in [2.75, 3.05) is 4.90 Å². The van der Waals surface area contributed by atoms with E-state index >= 15 is 0 Å². The fourth-order valence-corrected chi connectivity index (χ4v) is 3.05. The molecule has 1 aliphatic heterocycles. The summed E-state index contributed by atoms with van der Waals surface area (Å²) in [5, 5.41) is 2.58. The van der Waals surface area contributed by atoms with Gasteiger partial charge < -0.3 is 0 Å². The van der Waals surface area contributed by atoms with Crippen molar-refractivity contribution in [2.24, 2.45) is 0 Å². The van der Waals surface area contributed by atoms with Crippen LogP contribution in [0, 0.1) is 6.92 Å². The molecule has 1 fully saturated rings. The van der Waals surface area contributed by atoms with Crippen molar-refractivity contribution in [3.05, 3.63) is 68.7 Å². The number of nitrogens with zero attached hydrogens (tertiary/aromatic N) is 1. The monoisotopic (exact) mass is 418 g/mol. The highest BCUT2D eigenvalue weighted by molar-refractivity contribution is 9.10. The molecule has 1 N–H and O–H groups in total. The molecule has 0 bridgehead atoms. The van der Waals surface area contributed by atoms with Crippen LogP contribution in [0.15, 0.2) is 52.5 Å². The molecule has 0 saturated carbocycles. The Morgan fingerprint density at radius 2 is 1.88 bits per heavy atom. The minimum Gasteiger partial charge on any atom is -0.273 e. The number of aryl methyl sites for hydroxylation is 1.